The molecule has 0 radical (unpaired) electrons. The number of ketones is 1. The van der Waals surface area contributed by atoms with Crippen molar-refractivity contribution in [2.45, 2.75) is 87.6 Å². The van der Waals surface area contributed by atoms with Crippen molar-refractivity contribution >= 4 is 11.7 Å². The van der Waals surface area contributed by atoms with Gasteiger partial charge in [-0.15, -0.1) is 0 Å². The molecule has 1 spiro atoms. The fourth-order valence-corrected chi connectivity index (χ4v) is 8.03. The number of nitrogens with zero attached hydrogens (tertiary/aromatic N) is 4. The first-order chi connectivity index (χ1) is 20.3. The van der Waals surface area contributed by atoms with Crippen molar-refractivity contribution in [2.24, 2.45) is 5.92 Å². The molecule has 10 heteroatoms. The number of hydrogen-bond acceptors (Lipinski definition) is 9. The smallest absolute Gasteiger partial charge is 0.246 e. The Kier molecular flexibility index (Phi) is 8.40. The molecule has 10 nitrogen and oxygen atoms in total. The van der Waals surface area contributed by atoms with Gasteiger partial charge in [0.05, 0.1) is 37.3 Å². The van der Waals surface area contributed by atoms with Crippen molar-refractivity contribution in [1.29, 1.82) is 5.26 Å². The fourth-order valence-electron chi connectivity index (χ4n) is 8.03. The number of nitrogens with one attached hydrogen (secondary N) is 2. The molecule has 8 atom stereocenters. The van der Waals surface area contributed by atoms with E-state index in [2.05, 4.69) is 53.1 Å². The molecule has 0 aromatic heterocycles. The van der Waals surface area contributed by atoms with E-state index in [4.69, 9.17) is 9.47 Å². The number of fused-ring (bicyclic) bond motifs is 2. The van der Waals surface area contributed by atoms with Crippen LogP contribution in [0.3, 0.4) is 0 Å². The van der Waals surface area contributed by atoms with E-state index < -0.39 is 18.0 Å². The van der Waals surface area contributed by atoms with Gasteiger partial charge in [0.15, 0.2) is 17.7 Å². The molecule has 226 valence electrons. The maximum absolute atomic E-state index is 14.5. The number of rotatable bonds is 6. The number of amides is 1. The Morgan fingerprint density at radius 1 is 1.24 bits per heavy atom. The predicted octanol–water partition coefficient (Wildman–Crippen LogP) is 2.18. The van der Waals surface area contributed by atoms with E-state index in [0.29, 0.717) is 45.1 Å². The van der Waals surface area contributed by atoms with Crippen molar-refractivity contribution < 1.29 is 19.1 Å². The first-order valence-electron chi connectivity index (χ1n) is 15.5. The monoisotopic (exact) mass is 576 g/mol. The molecular formula is C32H44N6O4. The SMILES string of the molecule is C=CC(=O)N1CCN(C2NC(OCC3CCCN3C)NC3C(=O)[C@@]4(CCC32)CC(C)c2ccccc2O4)CC1CC#N. The van der Waals surface area contributed by atoms with Gasteiger partial charge in [0.2, 0.25) is 5.91 Å². The molecule has 4 fully saturated rings. The topological polar surface area (TPSA) is 110 Å². The average molecular weight is 577 g/mol. The Morgan fingerprint density at radius 3 is 2.83 bits per heavy atom. The molecular weight excluding hydrogens is 532 g/mol. The van der Waals surface area contributed by atoms with Crippen LogP contribution in [-0.4, -0.2) is 102 Å². The van der Waals surface area contributed by atoms with Crippen LogP contribution in [0.2, 0.25) is 0 Å². The number of likely N-dealkylation sites (tertiary alicyclic amines) is 1. The van der Waals surface area contributed by atoms with Crippen molar-refractivity contribution in [1.82, 2.24) is 25.3 Å². The molecule has 5 aliphatic rings. The molecule has 1 amide bonds. The minimum atomic E-state index is -0.863. The van der Waals surface area contributed by atoms with Gasteiger partial charge in [0.1, 0.15) is 5.75 Å². The van der Waals surface area contributed by atoms with E-state index >= 15 is 0 Å². The Balaban J connectivity index is 1.25. The van der Waals surface area contributed by atoms with E-state index in [0.717, 1.165) is 37.1 Å². The third-order valence-corrected chi connectivity index (χ3v) is 10.3. The lowest BCUT2D eigenvalue weighted by Gasteiger charge is -2.55. The summed E-state index contributed by atoms with van der Waals surface area (Å²) in [7, 11) is 2.13. The average Bonchev–Trinajstić information content (AvgIpc) is 3.42. The predicted molar refractivity (Wildman–Crippen MR) is 157 cm³/mol. The first kappa shape index (κ1) is 29.3. The molecule has 4 heterocycles. The first-order valence-corrected chi connectivity index (χ1v) is 15.5. The second-order valence-corrected chi connectivity index (χ2v) is 12.8. The third-order valence-electron chi connectivity index (χ3n) is 10.3. The van der Waals surface area contributed by atoms with Crippen LogP contribution in [-0.2, 0) is 14.3 Å². The standard InChI is InChI=1S/C32H44N6O4/c1-4-27(39)38-17-16-37(19-22(38)12-14-33)30-25-11-13-32(18-21(2)24-9-5-6-10-26(24)42-32)29(40)28(25)34-31(35-30)41-20-23-8-7-15-36(23)3/h4-6,9-10,21-23,25,28,30-31,34-35H,1,7-8,11-13,15-20H2,2-3H3/t21?,22?,23?,25?,28?,30?,31?,32-/m1/s1. The largest absolute Gasteiger partial charge is 0.479 e. The zero-order chi connectivity index (χ0) is 29.4. The Hall–Kier alpha value is -2.81. The van der Waals surface area contributed by atoms with Gasteiger partial charge in [-0.3, -0.25) is 25.1 Å². The molecule has 0 bridgehead atoms. The van der Waals surface area contributed by atoms with Crippen molar-refractivity contribution in [3.63, 3.8) is 0 Å². The lowest BCUT2D eigenvalue weighted by Crippen LogP contribution is -2.76. The molecule has 42 heavy (non-hydrogen) atoms. The zero-order valence-corrected chi connectivity index (χ0v) is 24.8. The molecule has 6 rings (SSSR count). The van der Waals surface area contributed by atoms with Gasteiger partial charge in [-0.25, -0.2) is 0 Å². The summed E-state index contributed by atoms with van der Waals surface area (Å²) in [6, 6.07) is 10.0. The second-order valence-electron chi connectivity index (χ2n) is 12.8. The summed E-state index contributed by atoms with van der Waals surface area (Å²) in [6.45, 7) is 9.18. The van der Waals surface area contributed by atoms with E-state index in [1.165, 1.54) is 6.08 Å². The number of Topliss-reactive ketones (excluding diaryl/α,β-unsaturated/α-hetero) is 1. The quantitative estimate of drug-likeness (QED) is 0.493. The van der Waals surface area contributed by atoms with Crippen LogP contribution in [0.15, 0.2) is 36.9 Å². The van der Waals surface area contributed by atoms with Gasteiger partial charge in [-0.2, -0.15) is 5.26 Å². The molecule has 7 unspecified atom stereocenters. The number of piperazine rings is 1. The van der Waals surface area contributed by atoms with Crippen molar-refractivity contribution in [3.05, 3.63) is 42.5 Å². The van der Waals surface area contributed by atoms with Crippen LogP contribution < -0.4 is 15.4 Å². The molecule has 1 aromatic carbocycles. The van der Waals surface area contributed by atoms with Gasteiger partial charge in [0, 0.05) is 38.0 Å². The maximum atomic E-state index is 14.5. The molecule has 2 N–H and O–H groups in total. The fraction of sp³-hybridized carbons (Fsp3) is 0.656. The van der Waals surface area contributed by atoms with Crippen molar-refractivity contribution in [3.8, 4) is 11.8 Å². The number of ether oxygens (including phenoxy) is 2. The molecule has 4 aliphatic heterocycles. The number of carbonyl (C=O) groups is 2. The highest BCUT2D eigenvalue weighted by molar-refractivity contribution is 5.94. The summed E-state index contributed by atoms with van der Waals surface area (Å²) < 4.78 is 13.1. The second kappa shape index (κ2) is 12.1. The number of nitriles is 1. The summed E-state index contributed by atoms with van der Waals surface area (Å²) in [5, 5.41) is 16.8. The van der Waals surface area contributed by atoms with E-state index in [1.54, 1.807) is 4.90 Å². The molecule has 1 aliphatic carbocycles. The summed E-state index contributed by atoms with van der Waals surface area (Å²) >= 11 is 0. The third kappa shape index (κ3) is 5.38. The van der Waals surface area contributed by atoms with Crippen LogP contribution >= 0.6 is 0 Å². The number of benzene rings is 1. The summed E-state index contributed by atoms with van der Waals surface area (Å²) in [5.41, 5.74) is 0.296. The Morgan fingerprint density at radius 2 is 2.07 bits per heavy atom. The molecule has 1 saturated carbocycles. The minimum Gasteiger partial charge on any atom is -0.479 e. The van der Waals surface area contributed by atoms with Gasteiger partial charge in [-0.1, -0.05) is 31.7 Å². The summed E-state index contributed by atoms with van der Waals surface area (Å²) in [4.78, 5) is 33.5. The number of para-hydroxylation sites is 1. The number of likely N-dealkylation sites (N-methyl/N-ethyl adjacent to an activating group) is 1. The Labute approximate surface area is 249 Å². The normalized spacial score (nSPS) is 37.0. The number of carbonyl (C=O) groups excluding carboxylic acids is 2. The molecule has 3 saturated heterocycles. The van der Waals surface area contributed by atoms with Gasteiger partial charge in [-0.05, 0) is 62.9 Å². The minimum absolute atomic E-state index is 0.00222. The Bertz CT molecular complexity index is 1240. The lowest BCUT2D eigenvalue weighted by molar-refractivity contribution is -0.161. The molecule has 1 aromatic rings. The lowest BCUT2D eigenvalue weighted by atomic mass is 9.67. The summed E-state index contributed by atoms with van der Waals surface area (Å²) in [6.07, 6.45) is 5.32. The van der Waals surface area contributed by atoms with Gasteiger partial charge in [0.25, 0.3) is 0 Å². The van der Waals surface area contributed by atoms with E-state index in [1.807, 2.05) is 18.2 Å². The highest BCUT2D eigenvalue weighted by Crippen LogP contribution is 2.47. The van der Waals surface area contributed by atoms with Crippen LogP contribution in [0.1, 0.15) is 56.9 Å². The van der Waals surface area contributed by atoms with Crippen molar-refractivity contribution in [2.75, 3.05) is 39.8 Å². The van der Waals surface area contributed by atoms with Crippen LogP contribution in [0.5, 0.6) is 5.75 Å². The highest BCUT2D eigenvalue weighted by atomic mass is 16.5. The van der Waals surface area contributed by atoms with Crippen LogP contribution in [0, 0.1) is 17.2 Å². The van der Waals surface area contributed by atoms with E-state index in [9.17, 15) is 14.9 Å². The van der Waals surface area contributed by atoms with Gasteiger partial charge < -0.3 is 19.3 Å². The van der Waals surface area contributed by atoms with Gasteiger partial charge >= 0.3 is 0 Å². The van der Waals surface area contributed by atoms with Crippen LogP contribution in [0.25, 0.3) is 0 Å². The highest BCUT2D eigenvalue weighted by Gasteiger charge is 2.57. The van der Waals surface area contributed by atoms with Crippen LogP contribution in [0.4, 0.5) is 0 Å². The maximum Gasteiger partial charge on any atom is 0.246 e. The van der Waals surface area contributed by atoms with E-state index in [-0.39, 0.29) is 42.2 Å². The zero-order valence-electron chi connectivity index (χ0n) is 24.8. The number of hydrogen-bond donors (Lipinski definition) is 2. The summed E-state index contributed by atoms with van der Waals surface area (Å²) in [5.74, 6) is 0.990.